The molecule has 0 aliphatic carbocycles. The van der Waals surface area contributed by atoms with Crippen LogP contribution >= 0.6 is 0 Å². The van der Waals surface area contributed by atoms with Gasteiger partial charge in [0.05, 0.1) is 13.2 Å². The maximum Gasteiger partial charge on any atom is 0.193 e. The van der Waals surface area contributed by atoms with Crippen molar-refractivity contribution in [3.05, 3.63) is 35.9 Å². The number of morpholine rings is 1. The normalized spacial score (nSPS) is 21.6. The van der Waals surface area contributed by atoms with Gasteiger partial charge in [0.1, 0.15) is 0 Å². The fourth-order valence-corrected chi connectivity index (χ4v) is 4.05. The van der Waals surface area contributed by atoms with Gasteiger partial charge in [-0.2, -0.15) is 0 Å². The summed E-state index contributed by atoms with van der Waals surface area (Å²) < 4.78 is 5.49. The molecule has 27 heavy (non-hydrogen) atoms. The predicted molar refractivity (Wildman–Crippen MR) is 112 cm³/mol. The second-order valence-corrected chi connectivity index (χ2v) is 7.57. The first-order valence-corrected chi connectivity index (χ1v) is 10.8. The highest BCUT2D eigenvalue weighted by molar-refractivity contribution is 5.80. The molecule has 2 heterocycles. The quantitative estimate of drug-likeness (QED) is 0.433. The largest absolute Gasteiger partial charge is 0.379 e. The Hall–Kier alpha value is -1.59. The van der Waals surface area contributed by atoms with Crippen LogP contribution in [-0.4, -0.2) is 74.3 Å². The molecule has 2 aliphatic rings. The number of rotatable bonds is 8. The number of aliphatic imine (C=N–C) groups is 1. The Bertz CT molecular complexity index is 557. The van der Waals surface area contributed by atoms with E-state index in [1.807, 2.05) is 0 Å². The molecule has 0 aromatic heterocycles. The number of hydrogen-bond acceptors (Lipinski definition) is 3. The van der Waals surface area contributed by atoms with Gasteiger partial charge in [0.15, 0.2) is 5.96 Å². The first-order valence-electron chi connectivity index (χ1n) is 10.8. The molecule has 2 fully saturated rings. The number of hydrogen-bond donors (Lipinski definition) is 1. The molecule has 0 spiro atoms. The molecule has 3 rings (SSSR count). The summed E-state index contributed by atoms with van der Waals surface area (Å²) in [4.78, 5) is 9.95. The summed E-state index contributed by atoms with van der Waals surface area (Å²) in [6.07, 6.45) is 6.08. The van der Waals surface area contributed by atoms with Crippen LogP contribution in [0.25, 0.3) is 0 Å². The lowest BCUT2D eigenvalue weighted by atomic mass is 10.1. The molecule has 5 nitrogen and oxygen atoms in total. The summed E-state index contributed by atoms with van der Waals surface area (Å²) in [7, 11) is 0. The van der Waals surface area contributed by atoms with Gasteiger partial charge in [-0.15, -0.1) is 0 Å². The standard InChI is InChI=1S/C22H36N4O/c1-2-23-22(24-13-8-4-7-11-20-9-5-3-6-10-20)26-14-12-21(19-26)25-15-17-27-18-16-25/h3,5-6,9-10,21H,2,4,7-8,11-19H2,1H3,(H,23,24). The monoisotopic (exact) mass is 372 g/mol. The van der Waals surface area contributed by atoms with Gasteiger partial charge in [-0.1, -0.05) is 36.8 Å². The Balaban J connectivity index is 1.38. The van der Waals surface area contributed by atoms with E-state index in [4.69, 9.17) is 9.73 Å². The molecule has 150 valence electrons. The maximum atomic E-state index is 5.49. The van der Waals surface area contributed by atoms with Crippen LogP contribution in [-0.2, 0) is 11.2 Å². The van der Waals surface area contributed by atoms with E-state index in [0.717, 1.165) is 58.4 Å². The maximum absolute atomic E-state index is 5.49. The lowest BCUT2D eigenvalue weighted by molar-refractivity contribution is 0.0195. The summed E-state index contributed by atoms with van der Waals surface area (Å²) in [6, 6.07) is 11.4. The molecule has 1 unspecified atom stereocenters. The van der Waals surface area contributed by atoms with Crippen LogP contribution in [0.3, 0.4) is 0 Å². The third-order valence-corrected chi connectivity index (χ3v) is 5.59. The fraction of sp³-hybridized carbons (Fsp3) is 0.682. The molecule has 0 saturated carbocycles. The minimum absolute atomic E-state index is 0.656. The van der Waals surface area contributed by atoms with E-state index in [1.165, 1.54) is 37.7 Å². The molecule has 1 N–H and O–H groups in total. The zero-order valence-electron chi connectivity index (χ0n) is 16.9. The van der Waals surface area contributed by atoms with Crippen LogP contribution in [0.4, 0.5) is 0 Å². The van der Waals surface area contributed by atoms with Gasteiger partial charge in [-0.25, -0.2) is 0 Å². The van der Waals surface area contributed by atoms with Gasteiger partial charge >= 0.3 is 0 Å². The van der Waals surface area contributed by atoms with Crippen LogP contribution in [0.2, 0.25) is 0 Å². The van der Waals surface area contributed by atoms with Crippen LogP contribution in [0.1, 0.15) is 38.2 Å². The van der Waals surface area contributed by atoms with Crippen molar-refractivity contribution >= 4 is 5.96 Å². The third kappa shape index (κ3) is 6.51. The minimum Gasteiger partial charge on any atom is -0.379 e. The van der Waals surface area contributed by atoms with E-state index >= 15 is 0 Å². The van der Waals surface area contributed by atoms with Crippen molar-refractivity contribution in [3.63, 3.8) is 0 Å². The van der Waals surface area contributed by atoms with Crippen molar-refractivity contribution in [2.24, 2.45) is 4.99 Å². The second-order valence-electron chi connectivity index (χ2n) is 7.57. The van der Waals surface area contributed by atoms with Gasteiger partial charge in [0.2, 0.25) is 0 Å². The highest BCUT2D eigenvalue weighted by Crippen LogP contribution is 2.17. The number of aryl methyl sites for hydroxylation is 1. The van der Waals surface area contributed by atoms with Crippen molar-refractivity contribution in [2.75, 3.05) is 52.5 Å². The van der Waals surface area contributed by atoms with Gasteiger partial charge in [0.25, 0.3) is 0 Å². The average molecular weight is 373 g/mol. The van der Waals surface area contributed by atoms with E-state index in [2.05, 4.69) is 52.4 Å². The number of likely N-dealkylation sites (tertiary alicyclic amines) is 1. The summed E-state index contributed by atoms with van der Waals surface area (Å²) >= 11 is 0. The van der Waals surface area contributed by atoms with Gasteiger partial charge in [-0.3, -0.25) is 9.89 Å². The number of benzene rings is 1. The number of unbranched alkanes of at least 4 members (excludes halogenated alkanes) is 2. The first kappa shape index (κ1) is 20.2. The molecule has 0 radical (unpaired) electrons. The van der Waals surface area contributed by atoms with Crippen molar-refractivity contribution in [1.82, 2.24) is 15.1 Å². The van der Waals surface area contributed by atoms with E-state index in [-0.39, 0.29) is 0 Å². The number of nitrogens with one attached hydrogen (secondary N) is 1. The molecule has 1 aromatic carbocycles. The number of ether oxygens (including phenoxy) is 1. The molecule has 2 saturated heterocycles. The Morgan fingerprint density at radius 3 is 2.70 bits per heavy atom. The Labute approximate surface area is 164 Å². The van der Waals surface area contributed by atoms with Crippen LogP contribution in [0.5, 0.6) is 0 Å². The number of nitrogens with zero attached hydrogens (tertiary/aromatic N) is 3. The molecular weight excluding hydrogens is 336 g/mol. The minimum atomic E-state index is 0.656. The van der Waals surface area contributed by atoms with Crippen molar-refractivity contribution in [2.45, 2.75) is 45.1 Å². The summed E-state index contributed by atoms with van der Waals surface area (Å²) in [5.74, 6) is 1.11. The van der Waals surface area contributed by atoms with Crippen molar-refractivity contribution in [1.29, 1.82) is 0 Å². The van der Waals surface area contributed by atoms with Crippen LogP contribution in [0.15, 0.2) is 35.3 Å². The molecule has 1 aromatic rings. The fourth-order valence-electron chi connectivity index (χ4n) is 4.05. The van der Waals surface area contributed by atoms with Crippen LogP contribution < -0.4 is 5.32 Å². The Morgan fingerprint density at radius 1 is 1.11 bits per heavy atom. The van der Waals surface area contributed by atoms with E-state index in [0.29, 0.717) is 6.04 Å². The summed E-state index contributed by atoms with van der Waals surface area (Å²) in [5, 5.41) is 3.50. The molecule has 5 heteroatoms. The summed E-state index contributed by atoms with van der Waals surface area (Å²) in [6.45, 7) is 10.1. The van der Waals surface area contributed by atoms with Gasteiger partial charge in [0, 0.05) is 45.3 Å². The Kier molecular flexibility index (Phi) is 8.43. The second kappa shape index (κ2) is 11.3. The highest BCUT2D eigenvalue weighted by atomic mass is 16.5. The van der Waals surface area contributed by atoms with E-state index in [9.17, 15) is 0 Å². The lowest BCUT2D eigenvalue weighted by Gasteiger charge is -2.32. The molecule has 0 bridgehead atoms. The highest BCUT2D eigenvalue weighted by Gasteiger charge is 2.30. The van der Waals surface area contributed by atoms with Gasteiger partial charge < -0.3 is 15.0 Å². The van der Waals surface area contributed by atoms with Crippen molar-refractivity contribution < 1.29 is 4.74 Å². The molecule has 1 atom stereocenters. The third-order valence-electron chi connectivity index (χ3n) is 5.59. The first-order chi connectivity index (χ1) is 13.4. The smallest absolute Gasteiger partial charge is 0.193 e. The molecular formula is C22H36N4O. The average Bonchev–Trinajstić information content (AvgIpc) is 3.21. The zero-order chi connectivity index (χ0) is 18.7. The molecule has 2 aliphatic heterocycles. The Morgan fingerprint density at radius 2 is 1.93 bits per heavy atom. The van der Waals surface area contributed by atoms with Crippen molar-refractivity contribution in [3.8, 4) is 0 Å². The summed E-state index contributed by atoms with van der Waals surface area (Å²) in [5.41, 5.74) is 1.44. The zero-order valence-corrected chi connectivity index (χ0v) is 16.9. The number of guanidine groups is 1. The van der Waals surface area contributed by atoms with Crippen LogP contribution in [0, 0.1) is 0 Å². The lowest BCUT2D eigenvalue weighted by Crippen LogP contribution is -2.46. The predicted octanol–water partition coefficient (Wildman–Crippen LogP) is 2.77. The molecule has 0 amide bonds. The SMILES string of the molecule is CCNC(=NCCCCCc1ccccc1)N1CCC(N2CCOCC2)C1. The van der Waals surface area contributed by atoms with Gasteiger partial charge in [-0.05, 0) is 38.2 Å². The van der Waals surface area contributed by atoms with E-state index in [1.54, 1.807) is 0 Å². The van der Waals surface area contributed by atoms with E-state index < -0.39 is 0 Å². The topological polar surface area (TPSA) is 40.1 Å².